The first kappa shape index (κ1) is 10.8. The predicted octanol–water partition coefficient (Wildman–Crippen LogP) is 1.81. The minimum atomic E-state index is -0.192. The summed E-state index contributed by atoms with van der Waals surface area (Å²) in [7, 11) is 0. The third kappa shape index (κ3) is 3.17. The molecule has 0 fully saturated rings. The number of rotatable bonds is 5. The fraction of sp³-hybridized carbons (Fsp3) is 0.250. The van der Waals surface area contributed by atoms with E-state index in [1.165, 1.54) is 12.1 Å². The van der Waals surface area contributed by atoms with Gasteiger partial charge in [0, 0.05) is 32.0 Å². The highest BCUT2D eigenvalue weighted by Gasteiger charge is 1.94. The monoisotopic (exact) mass is 219 g/mol. The van der Waals surface area contributed by atoms with E-state index in [0.29, 0.717) is 0 Å². The molecule has 2 rings (SSSR count). The number of aromatic nitrogens is 2. The summed E-state index contributed by atoms with van der Waals surface area (Å²) < 4.78 is 14.6. The standard InChI is InChI=1S/C12H14FN3/c13-12-3-1-11(2-4-12)9-14-5-7-16-8-6-15-10-16/h1-4,6,8,10,14H,5,7,9H2. The van der Waals surface area contributed by atoms with E-state index in [4.69, 9.17) is 0 Å². The average molecular weight is 219 g/mol. The van der Waals surface area contributed by atoms with Crippen LogP contribution in [0.1, 0.15) is 5.56 Å². The molecule has 0 aliphatic carbocycles. The Labute approximate surface area is 93.9 Å². The van der Waals surface area contributed by atoms with Gasteiger partial charge in [-0.2, -0.15) is 0 Å². The largest absolute Gasteiger partial charge is 0.336 e. The van der Waals surface area contributed by atoms with E-state index in [1.807, 2.05) is 10.8 Å². The van der Waals surface area contributed by atoms with Crippen LogP contribution < -0.4 is 5.32 Å². The van der Waals surface area contributed by atoms with Crippen molar-refractivity contribution in [1.29, 1.82) is 0 Å². The summed E-state index contributed by atoms with van der Waals surface area (Å²) in [5.74, 6) is -0.192. The summed E-state index contributed by atoms with van der Waals surface area (Å²) in [5, 5.41) is 3.29. The Kier molecular flexibility index (Phi) is 3.66. The van der Waals surface area contributed by atoms with Gasteiger partial charge in [-0.05, 0) is 17.7 Å². The van der Waals surface area contributed by atoms with Crippen LogP contribution in [0, 0.1) is 5.82 Å². The first-order valence-corrected chi connectivity index (χ1v) is 5.25. The molecule has 0 unspecified atom stereocenters. The van der Waals surface area contributed by atoms with Gasteiger partial charge in [0.25, 0.3) is 0 Å². The van der Waals surface area contributed by atoms with Crippen LogP contribution in [0.25, 0.3) is 0 Å². The van der Waals surface area contributed by atoms with Gasteiger partial charge in [0.2, 0.25) is 0 Å². The molecule has 1 heterocycles. The summed E-state index contributed by atoms with van der Waals surface area (Å²) in [6, 6.07) is 6.54. The first-order chi connectivity index (χ1) is 7.84. The van der Waals surface area contributed by atoms with Gasteiger partial charge in [0.15, 0.2) is 0 Å². The van der Waals surface area contributed by atoms with Crippen molar-refractivity contribution in [1.82, 2.24) is 14.9 Å². The summed E-state index contributed by atoms with van der Waals surface area (Å²) in [4.78, 5) is 3.96. The zero-order valence-corrected chi connectivity index (χ0v) is 8.94. The maximum atomic E-state index is 12.6. The van der Waals surface area contributed by atoms with Crippen molar-refractivity contribution in [3.63, 3.8) is 0 Å². The van der Waals surface area contributed by atoms with Crippen LogP contribution in [0.15, 0.2) is 43.0 Å². The van der Waals surface area contributed by atoms with E-state index >= 15 is 0 Å². The van der Waals surface area contributed by atoms with Gasteiger partial charge in [-0.1, -0.05) is 12.1 Å². The molecule has 0 aliphatic heterocycles. The lowest BCUT2D eigenvalue weighted by Gasteiger charge is -2.05. The van der Waals surface area contributed by atoms with Crippen LogP contribution >= 0.6 is 0 Å². The van der Waals surface area contributed by atoms with E-state index in [0.717, 1.165) is 25.2 Å². The van der Waals surface area contributed by atoms with Crippen molar-refractivity contribution in [2.45, 2.75) is 13.1 Å². The van der Waals surface area contributed by atoms with Crippen LogP contribution in [0.2, 0.25) is 0 Å². The highest BCUT2D eigenvalue weighted by Crippen LogP contribution is 2.01. The summed E-state index contributed by atoms with van der Waals surface area (Å²) in [5.41, 5.74) is 1.09. The SMILES string of the molecule is Fc1ccc(CNCCn2ccnc2)cc1. The number of benzene rings is 1. The highest BCUT2D eigenvalue weighted by molar-refractivity contribution is 5.15. The van der Waals surface area contributed by atoms with Crippen molar-refractivity contribution in [3.8, 4) is 0 Å². The molecule has 0 atom stereocenters. The van der Waals surface area contributed by atoms with Crippen molar-refractivity contribution in [3.05, 3.63) is 54.4 Å². The van der Waals surface area contributed by atoms with Gasteiger partial charge in [-0.15, -0.1) is 0 Å². The van der Waals surface area contributed by atoms with Crippen molar-refractivity contribution >= 4 is 0 Å². The number of halogens is 1. The Morgan fingerprint density at radius 1 is 1.25 bits per heavy atom. The van der Waals surface area contributed by atoms with Crippen LogP contribution in [-0.2, 0) is 13.1 Å². The average Bonchev–Trinajstić information content (AvgIpc) is 2.80. The van der Waals surface area contributed by atoms with Crippen molar-refractivity contribution < 1.29 is 4.39 Å². The molecule has 2 aromatic rings. The van der Waals surface area contributed by atoms with Crippen molar-refractivity contribution in [2.24, 2.45) is 0 Å². The third-order valence-corrected chi connectivity index (χ3v) is 2.35. The van der Waals surface area contributed by atoms with Crippen LogP contribution in [0.3, 0.4) is 0 Å². The molecule has 0 aliphatic rings. The lowest BCUT2D eigenvalue weighted by Crippen LogP contribution is -2.18. The molecule has 1 aromatic heterocycles. The fourth-order valence-corrected chi connectivity index (χ4v) is 1.46. The van der Waals surface area contributed by atoms with Crippen LogP contribution in [0.4, 0.5) is 4.39 Å². The Balaban J connectivity index is 1.70. The molecule has 1 aromatic carbocycles. The molecule has 0 amide bonds. The molecule has 0 bridgehead atoms. The first-order valence-electron chi connectivity index (χ1n) is 5.25. The van der Waals surface area contributed by atoms with Gasteiger partial charge in [0.05, 0.1) is 6.33 Å². The van der Waals surface area contributed by atoms with Crippen LogP contribution in [0.5, 0.6) is 0 Å². The minimum absolute atomic E-state index is 0.192. The summed E-state index contributed by atoms with van der Waals surface area (Å²) >= 11 is 0. The molecule has 0 saturated carbocycles. The van der Waals surface area contributed by atoms with E-state index in [2.05, 4.69) is 10.3 Å². The maximum absolute atomic E-state index is 12.6. The Morgan fingerprint density at radius 2 is 2.06 bits per heavy atom. The number of imidazole rings is 1. The summed E-state index contributed by atoms with van der Waals surface area (Å²) in [6.07, 6.45) is 5.49. The summed E-state index contributed by atoms with van der Waals surface area (Å²) in [6.45, 7) is 2.52. The van der Waals surface area contributed by atoms with Crippen molar-refractivity contribution in [2.75, 3.05) is 6.54 Å². The fourth-order valence-electron chi connectivity index (χ4n) is 1.46. The Bertz CT molecular complexity index is 408. The molecule has 1 N–H and O–H groups in total. The van der Waals surface area contributed by atoms with E-state index in [9.17, 15) is 4.39 Å². The topological polar surface area (TPSA) is 29.9 Å². The molecule has 0 radical (unpaired) electrons. The lowest BCUT2D eigenvalue weighted by molar-refractivity contribution is 0.595. The molecule has 0 spiro atoms. The molecule has 3 nitrogen and oxygen atoms in total. The van der Waals surface area contributed by atoms with Gasteiger partial charge < -0.3 is 9.88 Å². The highest BCUT2D eigenvalue weighted by atomic mass is 19.1. The van der Waals surface area contributed by atoms with E-state index in [1.54, 1.807) is 24.7 Å². The van der Waals surface area contributed by atoms with Crippen LogP contribution in [-0.4, -0.2) is 16.1 Å². The minimum Gasteiger partial charge on any atom is -0.336 e. The van der Waals surface area contributed by atoms with Gasteiger partial charge in [0.1, 0.15) is 5.82 Å². The molecular weight excluding hydrogens is 205 g/mol. The predicted molar refractivity (Wildman–Crippen MR) is 60.3 cm³/mol. The molecule has 16 heavy (non-hydrogen) atoms. The number of hydrogen-bond donors (Lipinski definition) is 1. The van der Waals surface area contributed by atoms with Gasteiger partial charge >= 0.3 is 0 Å². The normalized spacial score (nSPS) is 10.6. The van der Waals surface area contributed by atoms with E-state index in [-0.39, 0.29) is 5.82 Å². The molecule has 4 heteroatoms. The second kappa shape index (κ2) is 5.42. The van der Waals surface area contributed by atoms with E-state index < -0.39 is 0 Å². The second-order valence-corrected chi connectivity index (χ2v) is 3.60. The lowest BCUT2D eigenvalue weighted by atomic mass is 10.2. The Morgan fingerprint density at radius 3 is 2.75 bits per heavy atom. The zero-order valence-electron chi connectivity index (χ0n) is 8.94. The maximum Gasteiger partial charge on any atom is 0.123 e. The number of nitrogens with one attached hydrogen (secondary N) is 1. The molecule has 0 saturated heterocycles. The number of hydrogen-bond acceptors (Lipinski definition) is 2. The van der Waals surface area contributed by atoms with Gasteiger partial charge in [-0.3, -0.25) is 0 Å². The Hall–Kier alpha value is -1.68. The third-order valence-electron chi connectivity index (χ3n) is 2.35. The molecular formula is C12H14FN3. The molecule has 84 valence electrons. The zero-order chi connectivity index (χ0) is 11.2. The smallest absolute Gasteiger partial charge is 0.123 e. The quantitative estimate of drug-likeness (QED) is 0.777. The second-order valence-electron chi connectivity index (χ2n) is 3.60. The number of nitrogens with zero attached hydrogens (tertiary/aromatic N) is 2. The van der Waals surface area contributed by atoms with Gasteiger partial charge in [-0.25, -0.2) is 9.37 Å².